The SMILES string of the molecule is COC1(Cc2ccc(F)cc2)CCN(CCCc2c[nH]c3ccc(-n4cnnc4)cc23)CC1.O=C(O)C(=O)O. The van der Waals surface area contributed by atoms with Crippen LogP contribution in [0.1, 0.15) is 30.4 Å². The second-order valence-electron chi connectivity index (χ2n) is 9.66. The Kier molecular flexibility index (Phi) is 9.05. The number of carboxylic acid groups (broad SMARTS) is 2. The molecule has 206 valence electrons. The van der Waals surface area contributed by atoms with Gasteiger partial charge in [0.1, 0.15) is 18.5 Å². The summed E-state index contributed by atoms with van der Waals surface area (Å²) in [5, 5.41) is 23.9. The predicted molar refractivity (Wildman–Crippen MR) is 142 cm³/mol. The summed E-state index contributed by atoms with van der Waals surface area (Å²) in [6.45, 7) is 3.13. The highest BCUT2D eigenvalue weighted by Gasteiger charge is 2.34. The molecule has 0 bridgehead atoms. The fourth-order valence-corrected chi connectivity index (χ4v) is 4.97. The monoisotopic (exact) mass is 537 g/mol. The first-order valence-electron chi connectivity index (χ1n) is 12.7. The Morgan fingerprint density at radius 3 is 2.33 bits per heavy atom. The molecule has 0 radical (unpaired) electrons. The third kappa shape index (κ3) is 7.27. The molecule has 1 aliphatic heterocycles. The van der Waals surface area contributed by atoms with Crippen molar-refractivity contribution < 1.29 is 28.9 Å². The second kappa shape index (κ2) is 12.6. The summed E-state index contributed by atoms with van der Waals surface area (Å²) in [7, 11) is 1.81. The molecule has 0 spiro atoms. The highest BCUT2D eigenvalue weighted by molar-refractivity contribution is 6.27. The van der Waals surface area contributed by atoms with Crippen LogP contribution in [0.25, 0.3) is 16.6 Å². The molecule has 0 atom stereocenters. The number of aliphatic carboxylic acids is 2. The number of likely N-dealkylation sites (tertiary alicyclic amines) is 1. The third-order valence-corrected chi connectivity index (χ3v) is 7.21. The molecule has 0 aliphatic carbocycles. The van der Waals surface area contributed by atoms with Gasteiger partial charge in [0, 0.05) is 49.4 Å². The van der Waals surface area contributed by atoms with Crippen LogP contribution in [0.3, 0.4) is 0 Å². The Morgan fingerprint density at radius 1 is 1.05 bits per heavy atom. The number of carboxylic acids is 2. The van der Waals surface area contributed by atoms with Gasteiger partial charge in [-0.2, -0.15) is 0 Å². The van der Waals surface area contributed by atoms with Crippen LogP contribution in [0.15, 0.2) is 61.3 Å². The van der Waals surface area contributed by atoms with Crippen LogP contribution in [0.5, 0.6) is 0 Å². The van der Waals surface area contributed by atoms with Crippen molar-refractivity contribution in [1.82, 2.24) is 24.6 Å². The predicted octanol–water partition coefficient (Wildman–Crippen LogP) is 3.70. The zero-order valence-corrected chi connectivity index (χ0v) is 21.7. The first-order chi connectivity index (χ1) is 18.8. The molecule has 10 nitrogen and oxygen atoms in total. The lowest BCUT2D eigenvalue weighted by Gasteiger charge is -2.41. The second-order valence-corrected chi connectivity index (χ2v) is 9.66. The van der Waals surface area contributed by atoms with Crippen LogP contribution in [-0.2, 0) is 27.2 Å². The number of carbonyl (C=O) groups is 2. The zero-order valence-electron chi connectivity index (χ0n) is 21.7. The van der Waals surface area contributed by atoms with E-state index in [-0.39, 0.29) is 11.4 Å². The Balaban J connectivity index is 0.000000531. The van der Waals surface area contributed by atoms with Crippen molar-refractivity contribution in [1.29, 1.82) is 0 Å². The molecular formula is C28H32FN5O5. The van der Waals surface area contributed by atoms with Gasteiger partial charge in [0.25, 0.3) is 0 Å². The molecule has 11 heteroatoms. The molecular weight excluding hydrogens is 505 g/mol. The lowest BCUT2D eigenvalue weighted by Crippen LogP contribution is -2.47. The number of benzene rings is 2. The quantitative estimate of drug-likeness (QED) is 0.290. The molecule has 3 heterocycles. The van der Waals surface area contributed by atoms with Crippen molar-refractivity contribution in [2.45, 2.75) is 37.7 Å². The van der Waals surface area contributed by atoms with Crippen LogP contribution in [-0.4, -0.2) is 79.1 Å². The van der Waals surface area contributed by atoms with Crippen molar-refractivity contribution in [2.24, 2.45) is 0 Å². The van der Waals surface area contributed by atoms with Gasteiger partial charge in [-0.1, -0.05) is 12.1 Å². The molecule has 0 amide bonds. The normalized spacial score (nSPS) is 15.0. The summed E-state index contributed by atoms with van der Waals surface area (Å²) in [5.41, 5.74) is 4.56. The smallest absolute Gasteiger partial charge is 0.414 e. The van der Waals surface area contributed by atoms with Crippen LogP contribution in [0.2, 0.25) is 0 Å². The van der Waals surface area contributed by atoms with Gasteiger partial charge in [-0.3, -0.25) is 4.57 Å². The summed E-state index contributed by atoms with van der Waals surface area (Å²) in [6, 6.07) is 13.2. The van der Waals surface area contributed by atoms with Crippen LogP contribution in [0.4, 0.5) is 4.39 Å². The van der Waals surface area contributed by atoms with Crippen molar-refractivity contribution in [3.8, 4) is 5.69 Å². The van der Waals surface area contributed by atoms with Gasteiger partial charge in [-0.05, 0) is 73.7 Å². The minimum atomic E-state index is -1.82. The molecule has 1 saturated heterocycles. The van der Waals surface area contributed by atoms with Crippen LogP contribution >= 0.6 is 0 Å². The Bertz CT molecular complexity index is 1370. The molecule has 1 fully saturated rings. The summed E-state index contributed by atoms with van der Waals surface area (Å²) < 4.78 is 21.1. The highest BCUT2D eigenvalue weighted by atomic mass is 19.1. The van der Waals surface area contributed by atoms with Crippen LogP contribution < -0.4 is 0 Å². The number of rotatable bonds is 8. The zero-order chi connectivity index (χ0) is 27.8. The lowest BCUT2D eigenvalue weighted by atomic mass is 9.85. The first kappa shape index (κ1) is 27.9. The van der Waals surface area contributed by atoms with Crippen molar-refractivity contribution >= 4 is 22.8 Å². The van der Waals surface area contributed by atoms with Crippen LogP contribution in [0, 0.1) is 5.82 Å². The molecule has 5 rings (SSSR count). The average molecular weight is 538 g/mol. The largest absolute Gasteiger partial charge is 0.473 e. The summed E-state index contributed by atoms with van der Waals surface area (Å²) >= 11 is 0. The van der Waals surface area contributed by atoms with Gasteiger partial charge in [-0.25, -0.2) is 14.0 Å². The summed E-state index contributed by atoms with van der Waals surface area (Å²) in [5.74, 6) is -3.84. The molecule has 0 unspecified atom stereocenters. The van der Waals surface area contributed by atoms with Gasteiger partial charge in [-0.15, -0.1) is 10.2 Å². The number of halogens is 1. The van der Waals surface area contributed by atoms with Gasteiger partial charge in [0.15, 0.2) is 0 Å². The first-order valence-corrected chi connectivity index (χ1v) is 12.7. The van der Waals surface area contributed by atoms with E-state index in [0.717, 1.165) is 68.5 Å². The number of aryl methyl sites for hydroxylation is 1. The Morgan fingerprint density at radius 2 is 1.72 bits per heavy atom. The van der Waals surface area contributed by atoms with E-state index in [0.29, 0.717) is 0 Å². The number of nitrogens with one attached hydrogen (secondary N) is 1. The number of piperidine rings is 1. The molecule has 2 aromatic heterocycles. The molecule has 2 aromatic carbocycles. The Hall–Kier alpha value is -4.09. The van der Waals surface area contributed by atoms with Gasteiger partial charge >= 0.3 is 11.9 Å². The number of aromatic nitrogens is 4. The van der Waals surface area contributed by atoms with Crippen molar-refractivity contribution in [2.75, 3.05) is 26.7 Å². The van der Waals surface area contributed by atoms with E-state index in [1.807, 2.05) is 23.8 Å². The van der Waals surface area contributed by atoms with Crippen molar-refractivity contribution in [3.63, 3.8) is 0 Å². The van der Waals surface area contributed by atoms with Crippen molar-refractivity contribution in [3.05, 3.63) is 78.3 Å². The topological polar surface area (TPSA) is 134 Å². The van der Waals surface area contributed by atoms with Gasteiger partial charge in [0.05, 0.1) is 5.60 Å². The minimum absolute atomic E-state index is 0.149. The summed E-state index contributed by atoms with van der Waals surface area (Å²) in [4.78, 5) is 24.1. The van der Waals surface area contributed by atoms with E-state index in [2.05, 4.69) is 44.5 Å². The lowest BCUT2D eigenvalue weighted by molar-refractivity contribution is -0.159. The maximum Gasteiger partial charge on any atom is 0.414 e. The number of nitrogens with zero attached hydrogens (tertiary/aromatic N) is 4. The summed E-state index contributed by atoms with van der Waals surface area (Å²) in [6.07, 6.45) is 10.6. The number of fused-ring (bicyclic) bond motifs is 1. The number of methoxy groups -OCH3 is 1. The van der Waals surface area contributed by atoms with E-state index in [4.69, 9.17) is 24.5 Å². The number of H-pyrrole nitrogens is 1. The maximum absolute atomic E-state index is 13.2. The van der Waals surface area contributed by atoms with Gasteiger partial charge < -0.3 is 24.8 Å². The molecule has 4 aromatic rings. The molecule has 1 aliphatic rings. The standard InChI is InChI=1S/C26H30FN5O.C2H2O4/c1-33-26(16-20-4-6-22(27)7-5-20)10-13-31(14-11-26)12-2-3-21-17-28-25-9-8-23(15-24(21)25)32-18-29-30-19-32;3-1(4)2(5)6/h4-9,15,17-19,28H,2-3,10-14,16H2,1H3;(H,3,4)(H,5,6). The fourth-order valence-electron chi connectivity index (χ4n) is 4.97. The maximum atomic E-state index is 13.2. The van der Waals surface area contributed by atoms with E-state index in [1.165, 1.54) is 23.1 Å². The average Bonchev–Trinajstić information content (AvgIpc) is 3.62. The highest BCUT2D eigenvalue weighted by Crippen LogP contribution is 2.30. The number of hydrogen-bond donors (Lipinski definition) is 3. The fraction of sp³-hybridized carbons (Fsp3) is 0.357. The number of aromatic amines is 1. The third-order valence-electron chi connectivity index (χ3n) is 7.21. The van der Waals surface area contributed by atoms with E-state index < -0.39 is 11.9 Å². The molecule has 0 saturated carbocycles. The molecule has 3 N–H and O–H groups in total. The van der Waals surface area contributed by atoms with E-state index in [9.17, 15) is 4.39 Å². The molecule has 39 heavy (non-hydrogen) atoms. The van der Waals surface area contributed by atoms with E-state index in [1.54, 1.807) is 12.7 Å². The van der Waals surface area contributed by atoms with E-state index >= 15 is 0 Å². The Labute approximate surface area is 225 Å². The number of ether oxygens (including phenoxy) is 1. The number of hydrogen-bond acceptors (Lipinski definition) is 6. The minimum Gasteiger partial charge on any atom is -0.473 e. The van der Waals surface area contributed by atoms with Gasteiger partial charge in [0.2, 0.25) is 0 Å².